The second-order valence-corrected chi connectivity index (χ2v) is 10.9. The number of carbonyl (C=O) groups is 1. The first-order valence-corrected chi connectivity index (χ1v) is 11.8. The fourth-order valence-corrected chi connectivity index (χ4v) is 5.69. The van der Waals surface area contributed by atoms with Crippen molar-refractivity contribution in [1.29, 1.82) is 0 Å². The third kappa shape index (κ3) is 4.30. The fourth-order valence-electron chi connectivity index (χ4n) is 3.62. The summed E-state index contributed by atoms with van der Waals surface area (Å²) in [6, 6.07) is 0. The molecular formula is C21H31N3O2S2. The Bertz CT molecular complexity index is 924. The Hall–Kier alpha value is -1.34. The number of nitrogens with zero attached hydrogens (tertiary/aromatic N) is 3. The summed E-state index contributed by atoms with van der Waals surface area (Å²) in [7, 11) is 0. The number of likely N-dealkylation sites (tertiary alicyclic amines) is 1. The van der Waals surface area contributed by atoms with E-state index in [2.05, 4.69) is 20.8 Å². The van der Waals surface area contributed by atoms with Gasteiger partial charge in [0.15, 0.2) is 5.16 Å². The smallest absolute Gasteiger partial charge is 0.263 e. The second-order valence-electron chi connectivity index (χ2n) is 8.44. The number of carbonyl (C=O) groups excluding carboxylic acids is 1. The summed E-state index contributed by atoms with van der Waals surface area (Å²) in [5.74, 6) is 1.17. The molecule has 0 spiro atoms. The van der Waals surface area contributed by atoms with Gasteiger partial charge in [0, 0.05) is 24.5 Å². The lowest BCUT2D eigenvalue weighted by Gasteiger charge is -2.32. The SMILES string of the molecule is Cc1sc2nc(S[C@@H](C)C(=O)N3CCC(C)CC3)n(CC(C)C)c(=O)c2c1C. The molecule has 1 fully saturated rings. The number of amides is 1. The summed E-state index contributed by atoms with van der Waals surface area (Å²) in [5.41, 5.74) is 1.05. The number of rotatable bonds is 5. The van der Waals surface area contributed by atoms with Crippen molar-refractivity contribution in [3.63, 3.8) is 0 Å². The Morgan fingerprint density at radius 2 is 1.89 bits per heavy atom. The molecule has 2 aromatic heterocycles. The highest BCUT2D eigenvalue weighted by Gasteiger charge is 2.27. The Morgan fingerprint density at radius 1 is 1.25 bits per heavy atom. The molecule has 28 heavy (non-hydrogen) atoms. The topological polar surface area (TPSA) is 55.2 Å². The molecule has 1 aliphatic rings. The van der Waals surface area contributed by atoms with Crippen LogP contribution in [0.25, 0.3) is 10.2 Å². The zero-order valence-corrected chi connectivity index (χ0v) is 19.4. The van der Waals surface area contributed by atoms with Crippen LogP contribution in [-0.4, -0.2) is 38.7 Å². The highest BCUT2D eigenvalue weighted by molar-refractivity contribution is 8.00. The average Bonchev–Trinajstić information content (AvgIpc) is 2.92. The van der Waals surface area contributed by atoms with Crippen molar-refractivity contribution >= 4 is 39.2 Å². The van der Waals surface area contributed by atoms with Crippen LogP contribution in [0.1, 0.15) is 51.0 Å². The first-order valence-electron chi connectivity index (χ1n) is 10.1. The van der Waals surface area contributed by atoms with Crippen molar-refractivity contribution in [2.75, 3.05) is 13.1 Å². The van der Waals surface area contributed by atoms with Gasteiger partial charge in [0.05, 0.1) is 10.6 Å². The second kappa shape index (κ2) is 8.57. The molecule has 1 saturated heterocycles. The van der Waals surface area contributed by atoms with E-state index >= 15 is 0 Å². The molecule has 7 heteroatoms. The number of thioether (sulfide) groups is 1. The molecule has 0 aliphatic carbocycles. The van der Waals surface area contributed by atoms with E-state index in [0.717, 1.165) is 46.6 Å². The van der Waals surface area contributed by atoms with E-state index in [4.69, 9.17) is 4.98 Å². The lowest BCUT2D eigenvalue weighted by molar-refractivity contribution is -0.131. The number of aromatic nitrogens is 2. The molecule has 0 unspecified atom stereocenters. The molecule has 0 bridgehead atoms. The third-order valence-corrected chi connectivity index (χ3v) is 7.71. The summed E-state index contributed by atoms with van der Waals surface area (Å²) >= 11 is 2.99. The van der Waals surface area contributed by atoms with Crippen LogP contribution in [0.15, 0.2) is 9.95 Å². The van der Waals surface area contributed by atoms with Crippen molar-refractivity contribution < 1.29 is 4.79 Å². The van der Waals surface area contributed by atoms with Gasteiger partial charge >= 0.3 is 0 Å². The molecule has 0 aromatic carbocycles. The lowest BCUT2D eigenvalue weighted by Crippen LogP contribution is -2.42. The highest BCUT2D eigenvalue weighted by atomic mass is 32.2. The van der Waals surface area contributed by atoms with Crippen LogP contribution in [0.2, 0.25) is 0 Å². The number of aryl methyl sites for hydroxylation is 2. The first kappa shape index (κ1) is 21.4. The van der Waals surface area contributed by atoms with Gasteiger partial charge in [0.25, 0.3) is 5.56 Å². The summed E-state index contributed by atoms with van der Waals surface area (Å²) in [4.78, 5) is 34.9. The third-order valence-electron chi connectivity index (χ3n) is 5.53. The fraction of sp³-hybridized carbons (Fsp3) is 0.667. The maximum absolute atomic E-state index is 13.2. The van der Waals surface area contributed by atoms with E-state index in [1.165, 1.54) is 11.8 Å². The summed E-state index contributed by atoms with van der Waals surface area (Å²) < 4.78 is 1.78. The molecule has 3 rings (SSSR count). The average molecular weight is 422 g/mol. The van der Waals surface area contributed by atoms with Crippen molar-refractivity contribution in [2.24, 2.45) is 11.8 Å². The minimum atomic E-state index is -0.252. The largest absolute Gasteiger partial charge is 0.342 e. The standard InChI is InChI=1S/C21H31N3O2S2/c1-12(2)11-24-20(26)17-14(4)15(5)27-18(17)22-21(24)28-16(6)19(25)23-9-7-13(3)8-10-23/h12-13,16H,7-11H2,1-6H3/t16-/m0/s1. The number of fused-ring (bicyclic) bond motifs is 1. The van der Waals surface area contributed by atoms with Crippen LogP contribution in [0.3, 0.4) is 0 Å². The van der Waals surface area contributed by atoms with Gasteiger partial charge in [-0.05, 0) is 51.0 Å². The highest BCUT2D eigenvalue weighted by Crippen LogP contribution is 2.31. The molecule has 154 valence electrons. The predicted octanol–water partition coefficient (Wildman–Crippen LogP) is 4.47. The van der Waals surface area contributed by atoms with Crippen LogP contribution in [-0.2, 0) is 11.3 Å². The van der Waals surface area contributed by atoms with Gasteiger partial charge in [0.1, 0.15) is 4.83 Å². The minimum absolute atomic E-state index is 0.0227. The summed E-state index contributed by atoms with van der Waals surface area (Å²) in [5, 5.41) is 1.15. The van der Waals surface area contributed by atoms with Crippen LogP contribution in [0.5, 0.6) is 0 Å². The van der Waals surface area contributed by atoms with Crippen molar-refractivity contribution in [3.05, 3.63) is 20.8 Å². The molecule has 0 saturated carbocycles. The molecule has 5 nitrogen and oxygen atoms in total. The molecule has 1 amide bonds. The van der Waals surface area contributed by atoms with Gasteiger partial charge in [-0.3, -0.25) is 14.2 Å². The monoisotopic (exact) mass is 421 g/mol. The van der Waals surface area contributed by atoms with E-state index in [-0.39, 0.29) is 16.7 Å². The van der Waals surface area contributed by atoms with Crippen molar-refractivity contribution in [1.82, 2.24) is 14.5 Å². The number of hydrogen-bond acceptors (Lipinski definition) is 5. The summed E-state index contributed by atoms with van der Waals surface area (Å²) in [6.07, 6.45) is 2.14. The Morgan fingerprint density at radius 3 is 2.50 bits per heavy atom. The maximum atomic E-state index is 13.2. The molecule has 3 heterocycles. The van der Waals surface area contributed by atoms with Gasteiger partial charge < -0.3 is 4.90 Å². The van der Waals surface area contributed by atoms with E-state index < -0.39 is 0 Å². The predicted molar refractivity (Wildman–Crippen MR) is 118 cm³/mol. The van der Waals surface area contributed by atoms with Crippen LogP contribution >= 0.6 is 23.1 Å². The summed E-state index contributed by atoms with van der Waals surface area (Å²) in [6.45, 7) is 14.7. The first-order chi connectivity index (χ1) is 13.2. The molecule has 1 aliphatic heterocycles. The van der Waals surface area contributed by atoms with E-state index in [0.29, 0.717) is 23.5 Å². The van der Waals surface area contributed by atoms with Crippen LogP contribution in [0, 0.1) is 25.7 Å². The maximum Gasteiger partial charge on any atom is 0.263 e. The number of piperidine rings is 1. The normalized spacial score (nSPS) is 16.9. The van der Waals surface area contributed by atoms with Gasteiger partial charge in [-0.1, -0.05) is 32.5 Å². The van der Waals surface area contributed by atoms with Gasteiger partial charge in [-0.2, -0.15) is 0 Å². The zero-order valence-electron chi connectivity index (χ0n) is 17.7. The van der Waals surface area contributed by atoms with E-state index in [1.54, 1.807) is 15.9 Å². The molecular weight excluding hydrogens is 390 g/mol. The molecule has 2 aromatic rings. The van der Waals surface area contributed by atoms with E-state index in [9.17, 15) is 9.59 Å². The quantitative estimate of drug-likeness (QED) is 0.528. The number of hydrogen-bond donors (Lipinski definition) is 0. The molecule has 1 atom stereocenters. The van der Waals surface area contributed by atoms with Crippen molar-refractivity contribution in [3.8, 4) is 0 Å². The number of thiophene rings is 1. The van der Waals surface area contributed by atoms with Crippen LogP contribution in [0.4, 0.5) is 0 Å². The van der Waals surface area contributed by atoms with Gasteiger partial charge in [-0.25, -0.2) is 4.98 Å². The lowest BCUT2D eigenvalue weighted by atomic mass is 9.99. The van der Waals surface area contributed by atoms with Gasteiger partial charge in [-0.15, -0.1) is 11.3 Å². The Kier molecular flexibility index (Phi) is 6.54. The van der Waals surface area contributed by atoms with Crippen molar-refractivity contribution in [2.45, 2.75) is 71.3 Å². The van der Waals surface area contributed by atoms with E-state index in [1.807, 2.05) is 25.7 Å². The Balaban J connectivity index is 1.92. The Labute approximate surface area is 175 Å². The molecule has 0 radical (unpaired) electrons. The molecule has 0 N–H and O–H groups in total. The van der Waals surface area contributed by atoms with Crippen LogP contribution < -0.4 is 5.56 Å². The minimum Gasteiger partial charge on any atom is -0.342 e. The zero-order chi connectivity index (χ0) is 20.6. The van der Waals surface area contributed by atoms with Gasteiger partial charge in [0.2, 0.25) is 5.91 Å².